The van der Waals surface area contributed by atoms with Crippen molar-refractivity contribution in [2.45, 2.75) is 50.3 Å². The van der Waals surface area contributed by atoms with Gasteiger partial charge in [0.05, 0.1) is 11.2 Å². The SMILES string of the molecule is CN1C(=O)c2c(O)c(=O)c(-c3nnc(Cc4ccc(F)cc4F)s3)cn2N(C)C12CCC(C)(O)CC2. The number of carbonyl (C=O) groups excluding carboxylic acids is 1. The van der Waals surface area contributed by atoms with Crippen LogP contribution in [0.5, 0.6) is 5.75 Å². The summed E-state index contributed by atoms with van der Waals surface area (Å²) in [5.41, 5.74) is -2.24. The summed E-state index contributed by atoms with van der Waals surface area (Å²) in [5, 5.41) is 31.8. The second kappa shape index (κ2) is 8.34. The summed E-state index contributed by atoms with van der Waals surface area (Å²) in [6.45, 7) is 1.77. The van der Waals surface area contributed by atoms with Gasteiger partial charge in [0.2, 0.25) is 5.43 Å². The lowest BCUT2D eigenvalue weighted by Crippen LogP contribution is -2.69. The van der Waals surface area contributed by atoms with Gasteiger partial charge in [0.15, 0.2) is 16.5 Å². The van der Waals surface area contributed by atoms with Crippen molar-refractivity contribution >= 4 is 17.2 Å². The lowest BCUT2D eigenvalue weighted by Gasteiger charge is -2.56. The molecule has 0 radical (unpaired) electrons. The zero-order valence-corrected chi connectivity index (χ0v) is 20.8. The van der Waals surface area contributed by atoms with Gasteiger partial charge in [-0.25, -0.2) is 8.78 Å². The van der Waals surface area contributed by atoms with Crippen LogP contribution in [0.2, 0.25) is 0 Å². The summed E-state index contributed by atoms with van der Waals surface area (Å²) in [6.07, 6.45) is 3.44. The molecule has 0 bridgehead atoms. The number of pyridine rings is 1. The molecule has 190 valence electrons. The smallest absolute Gasteiger partial charge is 0.278 e. The van der Waals surface area contributed by atoms with Gasteiger partial charge >= 0.3 is 0 Å². The number of aromatic nitrogens is 3. The molecule has 2 N–H and O–H groups in total. The maximum Gasteiger partial charge on any atom is 0.278 e. The van der Waals surface area contributed by atoms with Crippen molar-refractivity contribution in [3.05, 3.63) is 62.5 Å². The largest absolute Gasteiger partial charge is 0.502 e. The maximum absolute atomic E-state index is 14.1. The molecule has 1 aliphatic carbocycles. The van der Waals surface area contributed by atoms with Gasteiger partial charge in [0.1, 0.15) is 22.3 Å². The molecule has 2 aromatic heterocycles. The number of halogens is 2. The molecule has 12 heteroatoms. The van der Waals surface area contributed by atoms with Crippen LogP contribution < -0.4 is 10.4 Å². The highest BCUT2D eigenvalue weighted by atomic mass is 32.1. The molecule has 1 aliphatic heterocycles. The number of aliphatic hydroxyl groups is 1. The Bertz CT molecular complexity index is 1430. The molecule has 1 spiro atoms. The first-order valence-electron chi connectivity index (χ1n) is 11.4. The Kier molecular flexibility index (Phi) is 5.63. The number of fused-ring (bicyclic) bond motifs is 1. The van der Waals surface area contributed by atoms with E-state index in [0.29, 0.717) is 30.7 Å². The maximum atomic E-state index is 14.1. The third kappa shape index (κ3) is 3.75. The number of carbonyl (C=O) groups is 1. The summed E-state index contributed by atoms with van der Waals surface area (Å²) in [4.78, 5) is 27.9. The highest BCUT2D eigenvalue weighted by molar-refractivity contribution is 7.14. The third-order valence-electron chi connectivity index (χ3n) is 7.40. The van der Waals surface area contributed by atoms with Gasteiger partial charge in [0, 0.05) is 32.8 Å². The lowest BCUT2D eigenvalue weighted by molar-refractivity contribution is -0.0432. The number of amides is 1. The van der Waals surface area contributed by atoms with Crippen LogP contribution in [0, 0.1) is 11.6 Å². The Morgan fingerprint density at radius 3 is 2.47 bits per heavy atom. The minimum atomic E-state index is -0.833. The molecule has 2 aliphatic rings. The van der Waals surface area contributed by atoms with Crippen molar-refractivity contribution in [1.29, 1.82) is 0 Å². The first-order valence-corrected chi connectivity index (χ1v) is 12.3. The summed E-state index contributed by atoms with van der Waals surface area (Å²) in [5.74, 6) is -2.59. The van der Waals surface area contributed by atoms with E-state index < -0.39 is 40.0 Å². The monoisotopic (exact) mass is 517 g/mol. The highest BCUT2D eigenvalue weighted by Gasteiger charge is 2.51. The number of hydrogen-bond acceptors (Lipinski definition) is 8. The molecule has 0 atom stereocenters. The fraction of sp³-hybridized carbons (Fsp3) is 0.417. The zero-order valence-electron chi connectivity index (χ0n) is 20.0. The number of rotatable bonds is 3. The summed E-state index contributed by atoms with van der Waals surface area (Å²) < 4.78 is 28.8. The number of hydrogen-bond donors (Lipinski definition) is 2. The molecule has 5 rings (SSSR count). The van der Waals surface area contributed by atoms with E-state index in [9.17, 15) is 28.6 Å². The van der Waals surface area contributed by atoms with Crippen LogP contribution in [-0.4, -0.2) is 61.3 Å². The normalized spacial score (nSPS) is 23.9. The predicted molar refractivity (Wildman–Crippen MR) is 128 cm³/mol. The van der Waals surface area contributed by atoms with E-state index in [4.69, 9.17) is 0 Å². The van der Waals surface area contributed by atoms with Crippen molar-refractivity contribution in [3.8, 4) is 16.3 Å². The fourth-order valence-electron chi connectivity index (χ4n) is 5.05. The molecule has 9 nitrogen and oxygen atoms in total. The quantitative estimate of drug-likeness (QED) is 0.549. The van der Waals surface area contributed by atoms with E-state index in [1.54, 1.807) is 26.0 Å². The van der Waals surface area contributed by atoms with E-state index in [-0.39, 0.29) is 28.2 Å². The Balaban J connectivity index is 1.54. The van der Waals surface area contributed by atoms with Gasteiger partial charge in [-0.2, -0.15) is 0 Å². The predicted octanol–water partition coefficient (Wildman–Crippen LogP) is 2.62. The summed E-state index contributed by atoms with van der Waals surface area (Å²) >= 11 is 1.04. The molecule has 0 saturated heterocycles. The summed E-state index contributed by atoms with van der Waals surface area (Å²) in [7, 11) is 3.40. The topological polar surface area (TPSA) is 112 Å². The van der Waals surface area contributed by atoms with Gasteiger partial charge in [-0.3, -0.25) is 19.3 Å². The Morgan fingerprint density at radius 1 is 1.11 bits per heavy atom. The van der Waals surface area contributed by atoms with Crippen LogP contribution in [0.3, 0.4) is 0 Å². The van der Waals surface area contributed by atoms with Gasteiger partial charge in [-0.15, -0.1) is 10.2 Å². The van der Waals surface area contributed by atoms with E-state index in [0.717, 1.165) is 23.5 Å². The van der Waals surface area contributed by atoms with Crippen LogP contribution in [0.15, 0.2) is 29.2 Å². The fourth-order valence-corrected chi connectivity index (χ4v) is 5.92. The molecule has 1 amide bonds. The van der Waals surface area contributed by atoms with Crippen molar-refractivity contribution < 1.29 is 23.8 Å². The molecule has 1 fully saturated rings. The van der Waals surface area contributed by atoms with Crippen LogP contribution >= 0.6 is 11.3 Å². The van der Waals surface area contributed by atoms with Crippen LogP contribution in [0.4, 0.5) is 8.78 Å². The molecular weight excluding hydrogens is 492 g/mol. The van der Waals surface area contributed by atoms with E-state index >= 15 is 0 Å². The first kappa shape index (κ1) is 24.3. The zero-order chi connectivity index (χ0) is 26.0. The number of benzene rings is 1. The molecule has 0 unspecified atom stereocenters. The van der Waals surface area contributed by atoms with Crippen molar-refractivity contribution in [3.63, 3.8) is 0 Å². The Hall–Kier alpha value is -3.38. The number of aromatic hydroxyl groups is 1. The third-order valence-corrected chi connectivity index (χ3v) is 8.36. The minimum Gasteiger partial charge on any atom is -0.502 e. The van der Waals surface area contributed by atoms with Crippen LogP contribution in [-0.2, 0) is 6.42 Å². The van der Waals surface area contributed by atoms with Gasteiger partial charge in [-0.1, -0.05) is 17.4 Å². The second-order valence-corrected chi connectivity index (χ2v) is 10.8. The van der Waals surface area contributed by atoms with Gasteiger partial charge < -0.3 is 15.1 Å². The standard InChI is InChI=1S/C24H25F2N5O4S/c1-23(35)6-8-24(9-7-23)29(2)22(34)18-20(33)19(32)15(12-31(18)30(24)3)21-28-27-17(36-21)10-13-4-5-14(25)11-16(13)26/h4-5,11-12,33,35H,6-10H2,1-3H3. The van der Waals surface area contributed by atoms with E-state index in [2.05, 4.69) is 10.2 Å². The molecule has 3 aromatic rings. The van der Waals surface area contributed by atoms with Crippen molar-refractivity contribution in [2.24, 2.45) is 0 Å². The van der Waals surface area contributed by atoms with E-state index in [1.165, 1.54) is 21.8 Å². The van der Waals surface area contributed by atoms with Gasteiger partial charge in [0.25, 0.3) is 5.91 Å². The lowest BCUT2D eigenvalue weighted by atomic mass is 9.78. The molecule has 1 saturated carbocycles. The van der Waals surface area contributed by atoms with Crippen LogP contribution in [0.1, 0.15) is 53.7 Å². The summed E-state index contributed by atoms with van der Waals surface area (Å²) in [6, 6.07) is 3.26. The molecule has 36 heavy (non-hydrogen) atoms. The second-order valence-electron chi connectivity index (χ2n) is 9.69. The number of nitrogens with zero attached hydrogens (tertiary/aromatic N) is 5. The average Bonchev–Trinajstić information content (AvgIpc) is 3.29. The Labute approximate surface area is 209 Å². The van der Waals surface area contributed by atoms with Crippen LogP contribution in [0.25, 0.3) is 10.6 Å². The average molecular weight is 518 g/mol. The molecular formula is C24H25F2N5O4S. The highest BCUT2D eigenvalue weighted by Crippen LogP contribution is 2.43. The van der Waals surface area contributed by atoms with Gasteiger partial charge in [-0.05, 0) is 44.2 Å². The molecule has 1 aromatic carbocycles. The van der Waals surface area contributed by atoms with Crippen molar-refractivity contribution in [2.75, 3.05) is 19.1 Å². The van der Waals surface area contributed by atoms with Crippen molar-refractivity contribution in [1.82, 2.24) is 19.8 Å². The Morgan fingerprint density at radius 2 is 1.81 bits per heavy atom. The minimum absolute atomic E-state index is 0.0433. The van der Waals surface area contributed by atoms with E-state index in [1.807, 2.05) is 0 Å². The molecule has 3 heterocycles. The first-order chi connectivity index (χ1) is 16.9.